The molecule has 0 spiro atoms. The highest BCUT2D eigenvalue weighted by Gasteiger charge is 2.24. The topological polar surface area (TPSA) is 101 Å². The van der Waals surface area contributed by atoms with Crippen molar-refractivity contribution in [3.05, 3.63) is 52.6 Å². The Labute approximate surface area is 183 Å². The molecule has 3 aromatic rings. The molecule has 0 unspecified atom stereocenters. The van der Waals surface area contributed by atoms with Gasteiger partial charge in [0.25, 0.3) is 5.69 Å². The Hall–Kier alpha value is -3.24. The molecule has 1 aromatic heterocycles. The van der Waals surface area contributed by atoms with Crippen molar-refractivity contribution in [1.82, 2.24) is 9.88 Å². The maximum Gasteiger partial charge on any atom is 0.292 e. The Morgan fingerprint density at radius 1 is 1.23 bits per heavy atom. The number of fused-ring (bicyclic) bond motifs is 1. The molecular weight excluding hydrogens is 418 g/mol. The summed E-state index contributed by atoms with van der Waals surface area (Å²) in [5, 5.41) is 14.7. The molecule has 1 amide bonds. The Kier molecular flexibility index (Phi) is 6.28. The van der Waals surface area contributed by atoms with Gasteiger partial charge in [0.05, 0.1) is 28.3 Å². The number of thiazole rings is 1. The van der Waals surface area contributed by atoms with Crippen LogP contribution in [-0.2, 0) is 4.79 Å². The predicted octanol–water partition coefficient (Wildman–Crippen LogP) is 3.36. The molecule has 31 heavy (non-hydrogen) atoms. The zero-order chi connectivity index (χ0) is 21.8. The van der Waals surface area contributed by atoms with Gasteiger partial charge >= 0.3 is 0 Å². The standard InChI is InChI=1S/C21H23N5O4S/c1-2-30-15-7-8-16-19(13-15)31-21(22-16)23-20(27)14-24-9-11-25(12-10-24)17-5-3-4-6-18(17)26(28)29/h3-8,13H,2,9-12,14H2,1H3,(H,22,23,27). The summed E-state index contributed by atoms with van der Waals surface area (Å²) in [6.45, 7) is 5.33. The van der Waals surface area contributed by atoms with Gasteiger partial charge in [-0.15, -0.1) is 0 Å². The Morgan fingerprint density at radius 2 is 2.00 bits per heavy atom. The Bertz CT molecular complexity index is 1090. The first-order valence-electron chi connectivity index (χ1n) is 10.1. The lowest BCUT2D eigenvalue weighted by atomic mass is 10.2. The van der Waals surface area contributed by atoms with Crippen LogP contribution in [0.3, 0.4) is 0 Å². The highest BCUT2D eigenvalue weighted by molar-refractivity contribution is 7.22. The second-order valence-corrected chi connectivity index (χ2v) is 8.17. The summed E-state index contributed by atoms with van der Waals surface area (Å²) in [6, 6.07) is 12.4. The van der Waals surface area contributed by atoms with E-state index in [-0.39, 0.29) is 23.1 Å². The number of carbonyl (C=O) groups excluding carboxylic acids is 1. The van der Waals surface area contributed by atoms with Crippen LogP contribution in [0.2, 0.25) is 0 Å². The molecular formula is C21H23N5O4S. The van der Waals surface area contributed by atoms with Gasteiger partial charge in [0.15, 0.2) is 5.13 Å². The van der Waals surface area contributed by atoms with Gasteiger partial charge in [0.1, 0.15) is 11.4 Å². The van der Waals surface area contributed by atoms with Crippen LogP contribution in [0.5, 0.6) is 5.75 Å². The summed E-state index contributed by atoms with van der Waals surface area (Å²) in [5.41, 5.74) is 1.55. The van der Waals surface area contributed by atoms with E-state index >= 15 is 0 Å². The average Bonchev–Trinajstić information content (AvgIpc) is 3.16. The van der Waals surface area contributed by atoms with Crippen molar-refractivity contribution in [3.8, 4) is 5.75 Å². The van der Waals surface area contributed by atoms with Crippen molar-refractivity contribution in [2.24, 2.45) is 0 Å². The smallest absolute Gasteiger partial charge is 0.292 e. The van der Waals surface area contributed by atoms with Gasteiger partial charge in [-0.1, -0.05) is 23.5 Å². The van der Waals surface area contributed by atoms with E-state index in [0.717, 1.165) is 16.0 Å². The number of hydrogen-bond acceptors (Lipinski definition) is 8. The number of aromatic nitrogens is 1. The molecule has 10 heteroatoms. The number of nitrogens with one attached hydrogen (secondary N) is 1. The van der Waals surface area contributed by atoms with Crippen LogP contribution in [0.15, 0.2) is 42.5 Å². The molecule has 0 atom stereocenters. The monoisotopic (exact) mass is 441 g/mol. The number of nitro benzene ring substituents is 1. The highest BCUT2D eigenvalue weighted by Crippen LogP contribution is 2.30. The molecule has 1 aliphatic heterocycles. The molecule has 9 nitrogen and oxygen atoms in total. The second-order valence-electron chi connectivity index (χ2n) is 7.14. The van der Waals surface area contributed by atoms with Gasteiger partial charge in [0, 0.05) is 32.2 Å². The lowest BCUT2D eigenvalue weighted by molar-refractivity contribution is -0.384. The summed E-state index contributed by atoms with van der Waals surface area (Å²) < 4.78 is 6.47. The number of ether oxygens (including phenoxy) is 1. The summed E-state index contributed by atoms with van der Waals surface area (Å²) in [5.74, 6) is 0.663. The SMILES string of the molecule is CCOc1ccc2nc(NC(=O)CN3CCN(c4ccccc4[N+](=O)[O-])CC3)sc2c1. The van der Waals surface area contributed by atoms with Crippen molar-refractivity contribution in [1.29, 1.82) is 0 Å². The molecule has 4 rings (SSSR count). The molecule has 0 bridgehead atoms. The normalized spacial score (nSPS) is 14.5. The van der Waals surface area contributed by atoms with Gasteiger partial charge in [-0.2, -0.15) is 0 Å². The van der Waals surface area contributed by atoms with Crippen LogP contribution in [-0.4, -0.2) is 60.0 Å². The lowest BCUT2D eigenvalue weighted by Gasteiger charge is -2.35. The first kappa shape index (κ1) is 21.0. The lowest BCUT2D eigenvalue weighted by Crippen LogP contribution is -2.48. The number of benzene rings is 2. The van der Waals surface area contributed by atoms with E-state index in [2.05, 4.69) is 10.3 Å². The zero-order valence-electron chi connectivity index (χ0n) is 17.1. The Morgan fingerprint density at radius 3 is 2.74 bits per heavy atom. The van der Waals surface area contributed by atoms with E-state index in [4.69, 9.17) is 4.74 Å². The minimum Gasteiger partial charge on any atom is -0.494 e. The van der Waals surface area contributed by atoms with Gasteiger partial charge in [-0.25, -0.2) is 4.98 Å². The predicted molar refractivity (Wildman–Crippen MR) is 121 cm³/mol. The fourth-order valence-electron chi connectivity index (χ4n) is 3.61. The molecule has 1 saturated heterocycles. The van der Waals surface area contributed by atoms with Gasteiger partial charge in [0.2, 0.25) is 5.91 Å². The van der Waals surface area contributed by atoms with Crippen LogP contribution in [0.4, 0.5) is 16.5 Å². The zero-order valence-corrected chi connectivity index (χ0v) is 17.9. The number of para-hydroxylation sites is 2. The quantitative estimate of drug-likeness (QED) is 0.443. The fraction of sp³-hybridized carbons (Fsp3) is 0.333. The van der Waals surface area contributed by atoms with Crippen molar-refractivity contribution in [2.45, 2.75) is 6.92 Å². The maximum atomic E-state index is 12.5. The van der Waals surface area contributed by atoms with E-state index in [1.807, 2.05) is 34.9 Å². The summed E-state index contributed by atoms with van der Waals surface area (Å²) in [4.78, 5) is 31.9. The third-order valence-electron chi connectivity index (χ3n) is 5.08. The first-order valence-corrected chi connectivity index (χ1v) is 10.9. The van der Waals surface area contributed by atoms with Gasteiger partial charge in [-0.05, 0) is 31.2 Å². The molecule has 1 fully saturated rings. The van der Waals surface area contributed by atoms with E-state index in [1.54, 1.807) is 18.2 Å². The van der Waals surface area contributed by atoms with Crippen LogP contribution in [0.1, 0.15) is 6.92 Å². The Balaban J connectivity index is 1.32. The maximum absolute atomic E-state index is 12.5. The third-order valence-corrected chi connectivity index (χ3v) is 6.01. The number of amides is 1. The van der Waals surface area contributed by atoms with Crippen LogP contribution in [0, 0.1) is 10.1 Å². The van der Waals surface area contributed by atoms with E-state index in [0.29, 0.717) is 43.6 Å². The summed E-state index contributed by atoms with van der Waals surface area (Å²) in [6.07, 6.45) is 0. The van der Waals surface area contributed by atoms with Crippen molar-refractivity contribution in [2.75, 3.05) is 49.5 Å². The third kappa shape index (κ3) is 4.92. The number of anilines is 2. The summed E-state index contributed by atoms with van der Waals surface area (Å²) in [7, 11) is 0. The van der Waals surface area contributed by atoms with Gasteiger partial charge in [-0.3, -0.25) is 19.8 Å². The first-order chi connectivity index (χ1) is 15.0. The largest absolute Gasteiger partial charge is 0.494 e. The van der Waals surface area contributed by atoms with E-state index < -0.39 is 0 Å². The summed E-state index contributed by atoms with van der Waals surface area (Å²) >= 11 is 1.42. The van der Waals surface area contributed by atoms with Crippen LogP contribution in [0.25, 0.3) is 10.2 Å². The van der Waals surface area contributed by atoms with Crippen LogP contribution >= 0.6 is 11.3 Å². The van der Waals surface area contributed by atoms with E-state index in [9.17, 15) is 14.9 Å². The minimum absolute atomic E-state index is 0.108. The second kappa shape index (κ2) is 9.27. The molecule has 1 aliphatic rings. The van der Waals surface area contributed by atoms with E-state index in [1.165, 1.54) is 17.4 Å². The molecule has 2 heterocycles. The fourth-order valence-corrected chi connectivity index (χ4v) is 4.52. The molecule has 162 valence electrons. The van der Waals surface area contributed by atoms with Crippen molar-refractivity contribution < 1.29 is 14.5 Å². The average molecular weight is 442 g/mol. The number of nitro groups is 1. The number of hydrogen-bond donors (Lipinski definition) is 1. The van der Waals surface area contributed by atoms with Gasteiger partial charge < -0.3 is 15.0 Å². The number of carbonyl (C=O) groups is 1. The van der Waals surface area contributed by atoms with Crippen LogP contribution < -0.4 is 15.0 Å². The molecule has 0 aliphatic carbocycles. The number of piperazine rings is 1. The minimum atomic E-state index is -0.357. The van der Waals surface area contributed by atoms with Crippen molar-refractivity contribution in [3.63, 3.8) is 0 Å². The highest BCUT2D eigenvalue weighted by atomic mass is 32.1. The van der Waals surface area contributed by atoms with Crippen molar-refractivity contribution >= 4 is 44.0 Å². The number of nitrogens with zero attached hydrogens (tertiary/aromatic N) is 4. The number of rotatable bonds is 7. The molecule has 0 radical (unpaired) electrons. The molecule has 1 N–H and O–H groups in total. The molecule has 0 saturated carbocycles. The molecule has 2 aromatic carbocycles.